The van der Waals surface area contributed by atoms with E-state index in [4.69, 9.17) is 10.8 Å². The molecule has 1 unspecified atom stereocenters. The summed E-state index contributed by atoms with van der Waals surface area (Å²) in [5.41, 5.74) is 5.38. The molecule has 1 aliphatic heterocycles. The van der Waals surface area contributed by atoms with Crippen LogP contribution in [0, 0.1) is 11.8 Å². The highest BCUT2D eigenvalue weighted by atomic mass is 16.4. The predicted octanol–water partition coefficient (Wildman–Crippen LogP) is 0.337. The second kappa shape index (κ2) is 4.64. The Hall–Kier alpha value is -2.11. The SMILES string of the molecule is CC(C(=O)O)C1CN(c2cccc(C(N)=O)n2)C1. The molecule has 0 aromatic carbocycles. The topological polar surface area (TPSA) is 96.5 Å². The van der Waals surface area contributed by atoms with Crippen LogP contribution < -0.4 is 10.6 Å². The van der Waals surface area contributed by atoms with Gasteiger partial charge in [-0.25, -0.2) is 4.98 Å². The van der Waals surface area contributed by atoms with Gasteiger partial charge in [-0.2, -0.15) is 0 Å². The van der Waals surface area contributed by atoms with Crippen molar-refractivity contribution in [2.45, 2.75) is 6.92 Å². The lowest BCUT2D eigenvalue weighted by molar-refractivity contribution is -0.143. The minimum absolute atomic E-state index is 0.126. The zero-order valence-corrected chi connectivity index (χ0v) is 10.0. The van der Waals surface area contributed by atoms with Gasteiger partial charge in [-0.05, 0) is 12.1 Å². The number of hydrogen-bond acceptors (Lipinski definition) is 4. The molecule has 6 heteroatoms. The Kier molecular flexibility index (Phi) is 3.18. The number of nitrogens with two attached hydrogens (primary N) is 1. The minimum atomic E-state index is -0.779. The van der Waals surface area contributed by atoms with Crippen molar-refractivity contribution >= 4 is 17.7 Å². The van der Waals surface area contributed by atoms with Crippen molar-refractivity contribution in [2.75, 3.05) is 18.0 Å². The van der Waals surface area contributed by atoms with Crippen molar-refractivity contribution in [2.24, 2.45) is 17.6 Å². The van der Waals surface area contributed by atoms with E-state index in [1.54, 1.807) is 25.1 Å². The van der Waals surface area contributed by atoms with Crippen LogP contribution in [0.15, 0.2) is 18.2 Å². The number of primary amides is 1. The largest absolute Gasteiger partial charge is 0.481 e. The molecule has 0 radical (unpaired) electrons. The second-order valence-corrected chi connectivity index (χ2v) is 4.54. The van der Waals surface area contributed by atoms with Crippen molar-refractivity contribution in [1.82, 2.24) is 4.98 Å². The maximum Gasteiger partial charge on any atom is 0.306 e. The molecule has 0 bridgehead atoms. The molecule has 1 fully saturated rings. The first kappa shape index (κ1) is 12.3. The zero-order valence-electron chi connectivity index (χ0n) is 10.0. The van der Waals surface area contributed by atoms with Crippen molar-refractivity contribution < 1.29 is 14.7 Å². The standard InChI is InChI=1S/C12H15N3O3/c1-7(12(17)18)8-5-15(6-8)10-4-2-3-9(14-10)11(13)16/h2-4,7-8H,5-6H2,1H3,(H2,13,16)(H,17,18). The van der Waals surface area contributed by atoms with Gasteiger partial charge in [-0.15, -0.1) is 0 Å². The normalized spacial score (nSPS) is 17.1. The maximum atomic E-state index is 11.0. The van der Waals surface area contributed by atoms with Gasteiger partial charge < -0.3 is 15.7 Å². The third kappa shape index (κ3) is 2.27. The first-order valence-corrected chi connectivity index (χ1v) is 5.73. The van der Waals surface area contributed by atoms with Crippen LogP contribution in [0.2, 0.25) is 0 Å². The molecule has 1 saturated heterocycles. The van der Waals surface area contributed by atoms with Crippen molar-refractivity contribution in [3.8, 4) is 0 Å². The van der Waals surface area contributed by atoms with Crippen LogP contribution in [0.25, 0.3) is 0 Å². The number of pyridine rings is 1. The molecular weight excluding hydrogens is 234 g/mol. The number of carboxylic acids is 1. The van der Waals surface area contributed by atoms with Crippen LogP contribution in [0.1, 0.15) is 17.4 Å². The highest BCUT2D eigenvalue weighted by Crippen LogP contribution is 2.28. The molecular formula is C12H15N3O3. The number of carbonyl (C=O) groups excluding carboxylic acids is 1. The molecule has 18 heavy (non-hydrogen) atoms. The van der Waals surface area contributed by atoms with E-state index in [-0.39, 0.29) is 17.5 Å². The summed E-state index contributed by atoms with van der Waals surface area (Å²) in [6.07, 6.45) is 0. The lowest BCUT2D eigenvalue weighted by atomic mass is 9.87. The van der Waals surface area contributed by atoms with Crippen molar-refractivity contribution in [3.05, 3.63) is 23.9 Å². The zero-order chi connectivity index (χ0) is 13.3. The first-order chi connectivity index (χ1) is 8.49. The summed E-state index contributed by atoms with van der Waals surface area (Å²) in [6.45, 7) is 2.99. The van der Waals surface area contributed by atoms with Crippen LogP contribution in [0.3, 0.4) is 0 Å². The van der Waals surface area contributed by atoms with Crippen molar-refractivity contribution in [1.29, 1.82) is 0 Å². The third-order valence-electron chi connectivity index (χ3n) is 3.32. The maximum absolute atomic E-state index is 11.0. The summed E-state index contributed by atoms with van der Waals surface area (Å²) < 4.78 is 0. The van der Waals surface area contributed by atoms with Gasteiger partial charge >= 0.3 is 5.97 Å². The first-order valence-electron chi connectivity index (χ1n) is 5.73. The Bertz CT molecular complexity index is 483. The lowest BCUT2D eigenvalue weighted by Gasteiger charge is -2.42. The van der Waals surface area contributed by atoms with E-state index in [2.05, 4.69) is 4.98 Å². The van der Waals surface area contributed by atoms with E-state index in [1.165, 1.54) is 0 Å². The predicted molar refractivity (Wildman–Crippen MR) is 65.3 cm³/mol. The Balaban J connectivity index is 2.02. The molecule has 1 amide bonds. The summed E-state index contributed by atoms with van der Waals surface area (Å²) in [5.74, 6) is -0.909. The van der Waals surface area contributed by atoms with Crippen LogP contribution in [0.4, 0.5) is 5.82 Å². The van der Waals surface area contributed by atoms with Crippen LogP contribution >= 0.6 is 0 Å². The molecule has 0 saturated carbocycles. The fraction of sp³-hybridized carbons (Fsp3) is 0.417. The van der Waals surface area contributed by atoms with Gasteiger partial charge in [0.15, 0.2) is 0 Å². The number of amides is 1. The molecule has 1 aromatic rings. The molecule has 1 aromatic heterocycles. The van der Waals surface area contributed by atoms with Crippen LogP contribution in [-0.2, 0) is 4.79 Å². The molecule has 0 spiro atoms. The van der Waals surface area contributed by atoms with E-state index in [0.717, 1.165) is 0 Å². The summed E-state index contributed by atoms with van der Waals surface area (Å²) in [5, 5.41) is 8.90. The van der Waals surface area contributed by atoms with E-state index < -0.39 is 11.9 Å². The molecule has 2 heterocycles. The van der Waals surface area contributed by atoms with Gasteiger partial charge in [0.2, 0.25) is 0 Å². The average Bonchev–Trinajstić information content (AvgIpc) is 2.27. The number of aliphatic carboxylic acids is 1. The molecule has 2 rings (SSSR count). The van der Waals surface area contributed by atoms with Gasteiger partial charge in [-0.1, -0.05) is 13.0 Å². The highest BCUT2D eigenvalue weighted by Gasteiger charge is 2.35. The summed E-state index contributed by atoms with van der Waals surface area (Å²) in [4.78, 5) is 27.9. The Morgan fingerprint density at radius 2 is 2.17 bits per heavy atom. The van der Waals surface area contributed by atoms with E-state index in [9.17, 15) is 9.59 Å². The minimum Gasteiger partial charge on any atom is -0.481 e. The smallest absolute Gasteiger partial charge is 0.306 e. The van der Waals surface area contributed by atoms with Crippen molar-refractivity contribution in [3.63, 3.8) is 0 Å². The summed E-state index contributed by atoms with van der Waals surface area (Å²) >= 11 is 0. The van der Waals surface area contributed by atoms with Gasteiger partial charge in [0.25, 0.3) is 5.91 Å². The summed E-state index contributed by atoms with van der Waals surface area (Å²) in [6, 6.07) is 5.06. The molecule has 1 aliphatic rings. The number of anilines is 1. The molecule has 1 atom stereocenters. The van der Waals surface area contributed by atoms with E-state index >= 15 is 0 Å². The Morgan fingerprint density at radius 1 is 1.50 bits per heavy atom. The van der Waals surface area contributed by atoms with Gasteiger partial charge in [0, 0.05) is 19.0 Å². The number of nitrogens with zero attached hydrogens (tertiary/aromatic N) is 2. The quantitative estimate of drug-likeness (QED) is 0.802. The van der Waals surface area contributed by atoms with Gasteiger partial charge in [-0.3, -0.25) is 9.59 Å². The number of hydrogen-bond donors (Lipinski definition) is 2. The monoisotopic (exact) mass is 249 g/mol. The number of aromatic nitrogens is 1. The molecule has 3 N–H and O–H groups in total. The fourth-order valence-corrected chi connectivity index (χ4v) is 1.95. The average molecular weight is 249 g/mol. The molecule has 6 nitrogen and oxygen atoms in total. The van der Waals surface area contributed by atoms with E-state index in [1.807, 2.05) is 4.90 Å². The number of carbonyl (C=O) groups is 2. The Labute approximate surface area is 104 Å². The van der Waals surface area contributed by atoms with Crippen LogP contribution in [-0.4, -0.2) is 35.1 Å². The number of rotatable bonds is 4. The third-order valence-corrected chi connectivity index (χ3v) is 3.32. The summed E-state index contributed by atoms with van der Waals surface area (Å²) in [7, 11) is 0. The number of carboxylic acid groups (broad SMARTS) is 1. The Morgan fingerprint density at radius 3 is 2.72 bits per heavy atom. The van der Waals surface area contributed by atoms with E-state index in [0.29, 0.717) is 18.9 Å². The highest BCUT2D eigenvalue weighted by molar-refractivity contribution is 5.91. The van der Waals surface area contributed by atoms with Gasteiger partial charge in [0.05, 0.1) is 5.92 Å². The van der Waals surface area contributed by atoms with Gasteiger partial charge in [0.1, 0.15) is 11.5 Å². The molecule has 96 valence electrons. The second-order valence-electron chi connectivity index (χ2n) is 4.54. The molecule has 0 aliphatic carbocycles. The fourth-order valence-electron chi connectivity index (χ4n) is 1.95. The van der Waals surface area contributed by atoms with Crippen LogP contribution in [0.5, 0.6) is 0 Å². The lowest BCUT2D eigenvalue weighted by Crippen LogP contribution is -2.51.